The molecular formula is C18H30ClIN4O4S. The molecule has 1 aromatic carbocycles. The largest absolute Gasteiger partial charge is 0.379 e. The van der Waals surface area contributed by atoms with E-state index in [2.05, 4.69) is 20.3 Å². The molecule has 0 bridgehead atoms. The summed E-state index contributed by atoms with van der Waals surface area (Å²) < 4.78 is 38.0. The summed E-state index contributed by atoms with van der Waals surface area (Å²) in [5.74, 6) is 0.612. The predicted octanol–water partition coefficient (Wildman–Crippen LogP) is 1.99. The number of hydrogen-bond donors (Lipinski definition) is 3. The third-order valence-corrected chi connectivity index (χ3v) is 5.82. The van der Waals surface area contributed by atoms with Gasteiger partial charge in [0.15, 0.2) is 5.96 Å². The summed E-state index contributed by atoms with van der Waals surface area (Å²) >= 11 is 5.84. The molecule has 0 aromatic heterocycles. The molecule has 0 saturated carbocycles. The molecule has 1 aliphatic rings. The average Bonchev–Trinajstić information content (AvgIpc) is 3.19. The van der Waals surface area contributed by atoms with Crippen molar-refractivity contribution >= 4 is 51.6 Å². The van der Waals surface area contributed by atoms with Crippen LogP contribution in [-0.2, 0) is 19.5 Å². The number of benzene rings is 1. The van der Waals surface area contributed by atoms with E-state index in [9.17, 15) is 8.42 Å². The van der Waals surface area contributed by atoms with Gasteiger partial charge in [0, 0.05) is 44.9 Å². The maximum Gasteiger partial charge on any atom is 0.240 e. The molecule has 1 aliphatic heterocycles. The van der Waals surface area contributed by atoms with E-state index in [1.54, 1.807) is 19.2 Å². The number of aliphatic imine (C=N–C) groups is 1. The Morgan fingerprint density at radius 3 is 2.79 bits per heavy atom. The molecule has 29 heavy (non-hydrogen) atoms. The number of guanidine groups is 1. The van der Waals surface area contributed by atoms with Crippen molar-refractivity contribution in [2.24, 2.45) is 4.99 Å². The van der Waals surface area contributed by atoms with Crippen LogP contribution in [0, 0.1) is 0 Å². The average molecular weight is 561 g/mol. The summed E-state index contributed by atoms with van der Waals surface area (Å²) in [6.45, 7) is 3.48. The van der Waals surface area contributed by atoms with E-state index in [1.807, 2.05) is 0 Å². The van der Waals surface area contributed by atoms with Crippen LogP contribution in [-0.4, -0.2) is 67.0 Å². The minimum Gasteiger partial charge on any atom is -0.379 e. The quantitative estimate of drug-likeness (QED) is 0.166. The molecule has 0 radical (unpaired) electrons. The van der Waals surface area contributed by atoms with Crippen LogP contribution in [0.1, 0.15) is 19.3 Å². The molecule has 11 heteroatoms. The Labute approximate surface area is 195 Å². The van der Waals surface area contributed by atoms with Crippen molar-refractivity contribution in [1.82, 2.24) is 15.4 Å². The Bertz CT molecular complexity index is 730. The molecular weight excluding hydrogens is 531 g/mol. The number of halogens is 2. The van der Waals surface area contributed by atoms with Gasteiger partial charge in [0.25, 0.3) is 0 Å². The van der Waals surface area contributed by atoms with Crippen molar-refractivity contribution in [3.8, 4) is 0 Å². The van der Waals surface area contributed by atoms with Crippen LogP contribution in [0.2, 0.25) is 5.02 Å². The number of ether oxygens (including phenoxy) is 2. The van der Waals surface area contributed by atoms with Gasteiger partial charge in [-0.1, -0.05) is 17.7 Å². The van der Waals surface area contributed by atoms with E-state index in [4.69, 9.17) is 21.1 Å². The van der Waals surface area contributed by atoms with E-state index in [1.165, 1.54) is 12.1 Å². The molecule has 2 rings (SSSR count). The van der Waals surface area contributed by atoms with Gasteiger partial charge in [0.05, 0.1) is 17.6 Å². The highest BCUT2D eigenvalue weighted by Gasteiger charge is 2.15. The van der Waals surface area contributed by atoms with Gasteiger partial charge in [-0.3, -0.25) is 4.99 Å². The van der Waals surface area contributed by atoms with Gasteiger partial charge in [0.1, 0.15) is 0 Å². The van der Waals surface area contributed by atoms with Gasteiger partial charge in [-0.05, 0) is 37.5 Å². The van der Waals surface area contributed by atoms with Crippen LogP contribution in [0.15, 0.2) is 34.2 Å². The lowest BCUT2D eigenvalue weighted by Gasteiger charge is -2.13. The number of rotatable bonds is 11. The molecule has 8 nitrogen and oxygen atoms in total. The Morgan fingerprint density at radius 2 is 2.10 bits per heavy atom. The van der Waals surface area contributed by atoms with Gasteiger partial charge >= 0.3 is 0 Å². The van der Waals surface area contributed by atoms with E-state index in [0.29, 0.717) is 37.3 Å². The normalized spacial score (nSPS) is 17.0. The highest BCUT2D eigenvalue weighted by molar-refractivity contribution is 14.0. The molecule has 0 amide bonds. The lowest BCUT2D eigenvalue weighted by Crippen LogP contribution is -2.42. The Hall–Kier alpha value is -0.660. The third-order valence-electron chi connectivity index (χ3n) is 4.13. The fourth-order valence-electron chi connectivity index (χ4n) is 2.68. The number of sulfonamides is 1. The third kappa shape index (κ3) is 10.3. The van der Waals surface area contributed by atoms with Gasteiger partial charge in [-0.2, -0.15) is 0 Å². The SMILES string of the molecule is CN=C(NCCCOCC1CCCO1)NCCNS(=O)(=O)c1cccc(Cl)c1.I. The van der Waals surface area contributed by atoms with Crippen molar-refractivity contribution in [2.45, 2.75) is 30.3 Å². The smallest absolute Gasteiger partial charge is 0.240 e. The number of nitrogens with zero attached hydrogens (tertiary/aromatic N) is 1. The molecule has 1 atom stereocenters. The molecule has 0 spiro atoms. The fourth-order valence-corrected chi connectivity index (χ4v) is 4.01. The monoisotopic (exact) mass is 560 g/mol. The molecule has 1 unspecified atom stereocenters. The van der Waals surface area contributed by atoms with Crippen molar-refractivity contribution in [2.75, 3.05) is 46.5 Å². The van der Waals surface area contributed by atoms with Gasteiger partial charge in [0.2, 0.25) is 10.0 Å². The molecule has 3 N–H and O–H groups in total. The zero-order chi connectivity index (χ0) is 20.2. The van der Waals surface area contributed by atoms with Crippen molar-refractivity contribution in [3.63, 3.8) is 0 Å². The maximum atomic E-state index is 12.2. The summed E-state index contributed by atoms with van der Waals surface area (Å²) in [5.41, 5.74) is 0. The summed E-state index contributed by atoms with van der Waals surface area (Å²) in [5, 5.41) is 6.61. The minimum absolute atomic E-state index is 0. The molecule has 1 saturated heterocycles. The van der Waals surface area contributed by atoms with Crippen molar-refractivity contribution in [1.29, 1.82) is 0 Å². The zero-order valence-corrected chi connectivity index (χ0v) is 20.4. The summed E-state index contributed by atoms with van der Waals surface area (Å²) in [7, 11) is -1.92. The van der Waals surface area contributed by atoms with Crippen LogP contribution < -0.4 is 15.4 Å². The number of nitrogens with one attached hydrogen (secondary N) is 3. The fraction of sp³-hybridized carbons (Fsp3) is 0.611. The van der Waals surface area contributed by atoms with Gasteiger partial charge < -0.3 is 20.1 Å². The summed E-state index contributed by atoms with van der Waals surface area (Å²) in [6, 6.07) is 6.15. The first-order valence-corrected chi connectivity index (χ1v) is 11.3. The van der Waals surface area contributed by atoms with Crippen LogP contribution in [0.3, 0.4) is 0 Å². The van der Waals surface area contributed by atoms with Crippen molar-refractivity contribution < 1.29 is 17.9 Å². The van der Waals surface area contributed by atoms with Crippen LogP contribution >= 0.6 is 35.6 Å². The Morgan fingerprint density at radius 1 is 1.31 bits per heavy atom. The second-order valence-corrected chi connectivity index (χ2v) is 8.55. The summed E-state index contributed by atoms with van der Waals surface area (Å²) in [6.07, 6.45) is 3.29. The van der Waals surface area contributed by atoms with E-state index in [0.717, 1.165) is 25.9 Å². The molecule has 1 fully saturated rings. The molecule has 1 aromatic rings. The first-order valence-electron chi connectivity index (χ1n) is 9.40. The summed E-state index contributed by atoms with van der Waals surface area (Å²) in [4.78, 5) is 4.26. The Balaban J connectivity index is 0.00000420. The van der Waals surface area contributed by atoms with Crippen LogP contribution in [0.4, 0.5) is 0 Å². The molecule has 166 valence electrons. The van der Waals surface area contributed by atoms with Crippen LogP contribution in [0.5, 0.6) is 0 Å². The topological polar surface area (TPSA) is 101 Å². The first-order chi connectivity index (χ1) is 13.5. The second-order valence-electron chi connectivity index (χ2n) is 6.34. The van der Waals surface area contributed by atoms with Gasteiger partial charge in [-0.25, -0.2) is 13.1 Å². The Kier molecular flexibility index (Phi) is 13.1. The molecule has 1 heterocycles. The lowest BCUT2D eigenvalue weighted by molar-refractivity contribution is 0.0168. The van der Waals surface area contributed by atoms with E-state index in [-0.39, 0.29) is 41.5 Å². The first kappa shape index (κ1) is 26.4. The number of hydrogen-bond acceptors (Lipinski definition) is 5. The lowest BCUT2D eigenvalue weighted by atomic mass is 10.2. The highest BCUT2D eigenvalue weighted by Crippen LogP contribution is 2.15. The maximum absolute atomic E-state index is 12.2. The molecule has 0 aliphatic carbocycles. The van der Waals surface area contributed by atoms with Crippen LogP contribution in [0.25, 0.3) is 0 Å². The van der Waals surface area contributed by atoms with Gasteiger partial charge in [-0.15, -0.1) is 24.0 Å². The van der Waals surface area contributed by atoms with E-state index >= 15 is 0 Å². The predicted molar refractivity (Wildman–Crippen MR) is 126 cm³/mol. The standard InChI is InChI=1S/C18H29ClN4O4S.HI/c1-20-18(21-8-4-11-26-14-16-6-3-12-27-16)22-9-10-23-28(24,25)17-7-2-5-15(19)13-17;/h2,5,7,13,16,23H,3-4,6,8-12,14H2,1H3,(H2,20,21,22);1H. The second kappa shape index (κ2) is 14.4. The van der Waals surface area contributed by atoms with Crippen molar-refractivity contribution in [3.05, 3.63) is 29.3 Å². The van der Waals surface area contributed by atoms with E-state index < -0.39 is 10.0 Å². The highest BCUT2D eigenvalue weighted by atomic mass is 127. The minimum atomic E-state index is -3.58. The zero-order valence-electron chi connectivity index (χ0n) is 16.5.